The third-order valence-electron chi connectivity index (χ3n) is 7.99. The van der Waals surface area contributed by atoms with E-state index in [9.17, 15) is 14.7 Å². The summed E-state index contributed by atoms with van der Waals surface area (Å²) in [5.74, 6) is 0.106. The molecule has 0 radical (unpaired) electrons. The van der Waals surface area contributed by atoms with E-state index in [1.807, 2.05) is 35.9 Å². The Labute approximate surface area is 253 Å². The average molecular weight is 610 g/mol. The van der Waals surface area contributed by atoms with Crippen molar-refractivity contribution in [1.82, 2.24) is 14.7 Å². The molecule has 1 aromatic heterocycles. The van der Waals surface area contributed by atoms with Crippen LogP contribution in [0.2, 0.25) is 5.02 Å². The van der Waals surface area contributed by atoms with Gasteiger partial charge in [-0.25, -0.2) is 0 Å². The van der Waals surface area contributed by atoms with E-state index in [0.29, 0.717) is 64.6 Å². The summed E-state index contributed by atoms with van der Waals surface area (Å²) in [5.41, 5.74) is 2.68. The number of amides is 1. The van der Waals surface area contributed by atoms with Gasteiger partial charge in [-0.2, -0.15) is 10.2 Å². The van der Waals surface area contributed by atoms with Crippen LogP contribution in [-0.2, 0) is 20.9 Å². The second-order valence-corrected chi connectivity index (χ2v) is 11.7. The summed E-state index contributed by atoms with van der Waals surface area (Å²) in [5, 5.41) is 20.7. The molecule has 1 amide bonds. The molecule has 1 saturated heterocycles. The van der Waals surface area contributed by atoms with Crippen LogP contribution < -0.4 is 19.2 Å². The largest absolute Gasteiger partial charge is 0.497 e. The molecule has 43 heavy (non-hydrogen) atoms. The minimum absolute atomic E-state index is 0.171. The number of benzene rings is 2. The molecule has 2 aromatic carbocycles. The van der Waals surface area contributed by atoms with Gasteiger partial charge in [-0.05, 0) is 32.0 Å². The van der Waals surface area contributed by atoms with E-state index < -0.39 is 23.5 Å². The standard InChI is InChI=1S/C30H32ClN5O7/c1-30(2)16-42-6-5-35(30)29(39)27-23-15-43-25-11-24(41-4)21(17-12-32-34(13-17)14-26(37)38)10-22(25)28(23)36(33-27)19-7-18(31)8-20(9-19)40-3/h7-13,23,28H,5-6,14-16H2,1-4H3,(H,37,38). The van der Waals surface area contributed by atoms with Gasteiger partial charge in [-0.15, -0.1) is 0 Å². The molecular weight excluding hydrogens is 578 g/mol. The van der Waals surface area contributed by atoms with Crippen LogP contribution in [-0.4, -0.2) is 83.5 Å². The molecule has 3 aromatic rings. The SMILES string of the molecule is COc1cc(Cl)cc(N2N=C(C(=O)N3CCOCC3(C)C)C3COc4cc(OC)c(-c5cnn(CC(=O)O)c5)cc4C32)c1. The molecule has 3 aliphatic rings. The Morgan fingerprint density at radius 2 is 1.98 bits per heavy atom. The number of ether oxygens (including phenoxy) is 4. The molecule has 226 valence electrons. The quantitative estimate of drug-likeness (QED) is 0.424. The van der Waals surface area contributed by atoms with E-state index in [1.165, 1.54) is 4.68 Å². The van der Waals surface area contributed by atoms with E-state index in [-0.39, 0.29) is 19.1 Å². The molecule has 0 bridgehead atoms. The number of aromatic nitrogens is 2. The minimum Gasteiger partial charge on any atom is -0.497 e. The Kier molecular flexibility index (Phi) is 7.43. The molecule has 6 rings (SSSR count). The molecule has 1 N–H and O–H groups in total. The zero-order valence-electron chi connectivity index (χ0n) is 24.2. The van der Waals surface area contributed by atoms with Gasteiger partial charge in [0, 0.05) is 46.6 Å². The van der Waals surface area contributed by atoms with E-state index in [0.717, 1.165) is 5.56 Å². The Balaban J connectivity index is 1.48. The molecule has 0 spiro atoms. The first-order valence-corrected chi connectivity index (χ1v) is 14.2. The molecule has 0 aliphatic carbocycles. The highest BCUT2D eigenvalue weighted by molar-refractivity contribution is 6.41. The number of carboxylic acids is 1. The molecule has 2 unspecified atom stereocenters. The fourth-order valence-electron chi connectivity index (χ4n) is 5.92. The van der Waals surface area contributed by atoms with Gasteiger partial charge < -0.3 is 29.0 Å². The van der Waals surface area contributed by atoms with E-state index in [2.05, 4.69) is 5.10 Å². The lowest BCUT2D eigenvalue weighted by Gasteiger charge is -2.42. The number of hydrogen-bond donors (Lipinski definition) is 1. The van der Waals surface area contributed by atoms with Crippen LogP contribution in [0, 0.1) is 5.92 Å². The highest BCUT2D eigenvalue weighted by Crippen LogP contribution is 2.50. The topological polar surface area (TPSA) is 128 Å². The Morgan fingerprint density at radius 1 is 1.16 bits per heavy atom. The molecular formula is C30H32ClN5O7. The van der Waals surface area contributed by atoms with Gasteiger partial charge >= 0.3 is 5.97 Å². The van der Waals surface area contributed by atoms with Crippen molar-refractivity contribution in [1.29, 1.82) is 0 Å². The molecule has 2 atom stereocenters. The van der Waals surface area contributed by atoms with Crippen molar-refractivity contribution >= 4 is 34.9 Å². The average Bonchev–Trinajstić information content (AvgIpc) is 3.60. The maximum absolute atomic E-state index is 14.2. The number of halogens is 1. The summed E-state index contributed by atoms with van der Waals surface area (Å²) in [6, 6.07) is 8.63. The van der Waals surface area contributed by atoms with Gasteiger partial charge in [0.05, 0.1) is 63.4 Å². The number of carbonyl (C=O) groups excluding carboxylic acids is 1. The molecule has 0 saturated carbocycles. The van der Waals surface area contributed by atoms with Crippen LogP contribution in [0.1, 0.15) is 25.5 Å². The fraction of sp³-hybridized carbons (Fsp3) is 0.400. The Morgan fingerprint density at radius 3 is 2.70 bits per heavy atom. The lowest BCUT2D eigenvalue weighted by atomic mass is 9.85. The van der Waals surface area contributed by atoms with Gasteiger partial charge in [-0.3, -0.25) is 19.3 Å². The number of anilines is 1. The molecule has 13 heteroatoms. The summed E-state index contributed by atoms with van der Waals surface area (Å²) in [6.45, 7) is 5.23. The Bertz CT molecular complexity index is 1620. The van der Waals surface area contributed by atoms with Crippen molar-refractivity contribution in [3.05, 3.63) is 53.3 Å². The van der Waals surface area contributed by atoms with Crippen molar-refractivity contribution in [2.45, 2.75) is 32.0 Å². The van der Waals surface area contributed by atoms with Crippen LogP contribution in [0.15, 0.2) is 47.8 Å². The van der Waals surface area contributed by atoms with Crippen molar-refractivity contribution in [2.24, 2.45) is 11.0 Å². The third kappa shape index (κ3) is 5.25. The van der Waals surface area contributed by atoms with Gasteiger partial charge in [0.25, 0.3) is 5.91 Å². The molecule has 3 aliphatic heterocycles. The predicted octanol–water partition coefficient (Wildman–Crippen LogP) is 3.87. The second-order valence-electron chi connectivity index (χ2n) is 11.3. The zero-order valence-corrected chi connectivity index (χ0v) is 25.0. The monoisotopic (exact) mass is 609 g/mol. The minimum atomic E-state index is -1.00. The summed E-state index contributed by atoms with van der Waals surface area (Å²) < 4.78 is 24.5. The van der Waals surface area contributed by atoms with E-state index >= 15 is 0 Å². The maximum atomic E-state index is 14.2. The van der Waals surface area contributed by atoms with Crippen LogP contribution in [0.4, 0.5) is 5.69 Å². The fourth-order valence-corrected chi connectivity index (χ4v) is 6.14. The van der Waals surface area contributed by atoms with Gasteiger partial charge in [0.1, 0.15) is 29.5 Å². The first-order chi connectivity index (χ1) is 20.6. The smallest absolute Gasteiger partial charge is 0.325 e. The summed E-state index contributed by atoms with van der Waals surface area (Å²) in [6.07, 6.45) is 3.24. The van der Waals surface area contributed by atoms with Crippen molar-refractivity contribution < 1.29 is 33.6 Å². The molecule has 1 fully saturated rings. The normalized spacial score (nSPS) is 20.5. The van der Waals surface area contributed by atoms with Gasteiger partial charge in [-0.1, -0.05) is 11.6 Å². The first-order valence-electron chi connectivity index (χ1n) is 13.8. The van der Waals surface area contributed by atoms with Gasteiger partial charge in [0.2, 0.25) is 0 Å². The third-order valence-corrected chi connectivity index (χ3v) is 8.21. The van der Waals surface area contributed by atoms with Crippen molar-refractivity contribution in [3.63, 3.8) is 0 Å². The zero-order chi connectivity index (χ0) is 30.5. The van der Waals surface area contributed by atoms with Crippen LogP contribution in [0.5, 0.6) is 17.2 Å². The number of rotatable bonds is 7. The summed E-state index contributed by atoms with van der Waals surface area (Å²) in [7, 11) is 3.12. The van der Waals surface area contributed by atoms with E-state index in [4.69, 9.17) is 35.6 Å². The maximum Gasteiger partial charge on any atom is 0.325 e. The van der Waals surface area contributed by atoms with E-state index in [1.54, 1.807) is 44.8 Å². The van der Waals surface area contributed by atoms with Crippen LogP contribution in [0.25, 0.3) is 11.1 Å². The summed E-state index contributed by atoms with van der Waals surface area (Å²) in [4.78, 5) is 27.2. The number of aliphatic carboxylic acids is 1. The first kappa shape index (κ1) is 28.8. The summed E-state index contributed by atoms with van der Waals surface area (Å²) >= 11 is 6.49. The number of carboxylic acid groups (broad SMARTS) is 1. The lowest BCUT2D eigenvalue weighted by Crippen LogP contribution is -2.58. The van der Waals surface area contributed by atoms with Gasteiger partial charge in [0.15, 0.2) is 0 Å². The number of morpholine rings is 1. The number of methoxy groups -OCH3 is 2. The number of hydrogen-bond acceptors (Lipinski definition) is 9. The number of fused-ring (bicyclic) bond motifs is 3. The Hall–Kier alpha value is -4.29. The van der Waals surface area contributed by atoms with Crippen molar-refractivity contribution in [3.8, 4) is 28.4 Å². The second kappa shape index (κ2) is 11.1. The highest BCUT2D eigenvalue weighted by atomic mass is 35.5. The highest BCUT2D eigenvalue weighted by Gasteiger charge is 2.49. The number of hydrazone groups is 1. The lowest BCUT2D eigenvalue weighted by molar-refractivity contribution is -0.139. The van der Waals surface area contributed by atoms with Crippen LogP contribution >= 0.6 is 11.6 Å². The van der Waals surface area contributed by atoms with Crippen LogP contribution in [0.3, 0.4) is 0 Å². The number of nitrogens with zero attached hydrogens (tertiary/aromatic N) is 5. The molecule has 4 heterocycles. The van der Waals surface area contributed by atoms with Crippen molar-refractivity contribution in [2.75, 3.05) is 45.6 Å². The molecule has 12 nitrogen and oxygen atoms in total. The predicted molar refractivity (Wildman–Crippen MR) is 158 cm³/mol. The number of carbonyl (C=O) groups is 2.